The summed E-state index contributed by atoms with van der Waals surface area (Å²) >= 11 is 0. The number of aromatic nitrogens is 1. The zero-order valence-corrected chi connectivity index (χ0v) is 15.6. The maximum absolute atomic E-state index is 13.3. The fraction of sp³-hybridized carbons (Fsp3) is 0.350. The molecule has 3 fully saturated rings. The first-order chi connectivity index (χ1) is 14.1. The second-order valence-electron chi connectivity index (χ2n) is 7.39. The summed E-state index contributed by atoms with van der Waals surface area (Å²) < 4.78 is 4.94. The predicted molar refractivity (Wildman–Crippen MR) is 101 cm³/mol. The number of carbonyl (C=O) groups is 3. The number of urea groups is 1. The zero-order chi connectivity index (χ0) is 20.3. The van der Waals surface area contributed by atoms with Gasteiger partial charge in [0.25, 0.3) is 5.91 Å². The Hall–Kier alpha value is -3.51. The van der Waals surface area contributed by atoms with Crippen molar-refractivity contribution in [3.05, 3.63) is 36.0 Å². The Morgan fingerprint density at radius 2 is 2.17 bits per heavy atom. The number of piperazine rings is 1. The van der Waals surface area contributed by atoms with Gasteiger partial charge in [-0.1, -0.05) is 0 Å². The summed E-state index contributed by atoms with van der Waals surface area (Å²) in [5.41, 5.74) is 1.23. The molecule has 0 radical (unpaired) electrons. The van der Waals surface area contributed by atoms with Gasteiger partial charge < -0.3 is 14.5 Å². The van der Waals surface area contributed by atoms with Gasteiger partial charge in [-0.3, -0.25) is 14.6 Å². The lowest BCUT2D eigenvalue weighted by atomic mass is 10.1. The van der Waals surface area contributed by atoms with Crippen LogP contribution in [-0.4, -0.2) is 71.0 Å². The maximum atomic E-state index is 13.3. The maximum Gasteiger partial charge on any atom is 0.332 e. The number of ether oxygens (including phenoxy) is 1. The van der Waals surface area contributed by atoms with Crippen LogP contribution in [0.1, 0.15) is 12.0 Å². The standard InChI is InChI=1S/C20H17N5O4/c1-29-10-16(26)23-9-12-7-15(23)18-19(27)25(20(28)24(12)18)14-5-4-11(8-21)17-13(14)3-2-6-22-17/h2-6,12,15,18H,7,9-10H2,1H3/t12-,15?,18?/m1/s1. The highest BCUT2D eigenvalue weighted by molar-refractivity contribution is 6.25. The van der Waals surface area contributed by atoms with E-state index in [1.54, 1.807) is 40.3 Å². The molecular formula is C20H17N5O4. The van der Waals surface area contributed by atoms with Gasteiger partial charge in [-0.05, 0) is 30.7 Å². The van der Waals surface area contributed by atoms with E-state index in [0.717, 1.165) is 0 Å². The van der Waals surface area contributed by atoms with Gasteiger partial charge in [0.2, 0.25) is 5.91 Å². The van der Waals surface area contributed by atoms with Crippen LogP contribution in [0.3, 0.4) is 0 Å². The molecule has 5 rings (SSSR count). The number of hydrogen-bond donors (Lipinski definition) is 0. The van der Waals surface area contributed by atoms with Crippen molar-refractivity contribution in [1.29, 1.82) is 5.26 Å². The summed E-state index contributed by atoms with van der Waals surface area (Å²) in [6.45, 7) is 0.361. The normalized spacial score (nSPS) is 25.1. The molecule has 0 N–H and O–H groups in total. The number of fused-ring (bicyclic) bond motifs is 6. The number of likely N-dealkylation sites (tertiary alicyclic amines) is 1. The first-order valence-corrected chi connectivity index (χ1v) is 9.29. The van der Waals surface area contributed by atoms with Crippen molar-refractivity contribution in [2.24, 2.45) is 0 Å². The molecule has 2 aromatic rings. The van der Waals surface area contributed by atoms with Crippen molar-refractivity contribution in [2.75, 3.05) is 25.2 Å². The van der Waals surface area contributed by atoms with Crippen LogP contribution in [0.5, 0.6) is 0 Å². The third kappa shape index (κ3) is 2.29. The molecule has 4 amide bonds. The highest BCUT2D eigenvalue weighted by Gasteiger charge is 2.62. The number of nitrogens with zero attached hydrogens (tertiary/aromatic N) is 5. The van der Waals surface area contributed by atoms with Crippen molar-refractivity contribution in [1.82, 2.24) is 14.8 Å². The first-order valence-electron chi connectivity index (χ1n) is 9.29. The number of benzene rings is 1. The Morgan fingerprint density at radius 1 is 1.34 bits per heavy atom. The summed E-state index contributed by atoms with van der Waals surface area (Å²) in [5.74, 6) is -0.529. The number of imide groups is 1. The molecular weight excluding hydrogens is 374 g/mol. The topological polar surface area (TPSA) is 107 Å². The molecule has 3 saturated heterocycles. The summed E-state index contributed by atoms with van der Waals surface area (Å²) in [4.78, 5) is 47.5. The van der Waals surface area contributed by atoms with Crippen LogP contribution in [0, 0.1) is 11.3 Å². The van der Waals surface area contributed by atoms with Gasteiger partial charge in [0.05, 0.1) is 28.9 Å². The molecule has 3 aliphatic rings. The van der Waals surface area contributed by atoms with Crippen molar-refractivity contribution < 1.29 is 19.1 Å². The fourth-order valence-electron chi connectivity index (χ4n) is 4.81. The quantitative estimate of drug-likeness (QED) is 0.719. The van der Waals surface area contributed by atoms with Crippen LogP contribution in [0.2, 0.25) is 0 Å². The highest BCUT2D eigenvalue weighted by Crippen LogP contribution is 2.43. The minimum atomic E-state index is -0.690. The van der Waals surface area contributed by atoms with E-state index in [1.807, 2.05) is 0 Å². The van der Waals surface area contributed by atoms with E-state index in [0.29, 0.717) is 35.1 Å². The number of pyridine rings is 1. The van der Waals surface area contributed by atoms with Crippen molar-refractivity contribution in [3.63, 3.8) is 0 Å². The highest BCUT2D eigenvalue weighted by atomic mass is 16.5. The monoisotopic (exact) mass is 391 g/mol. The Labute approximate surface area is 166 Å². The van der Waals surface area contributed by atoms with Gasteiger partial charge in [0, 0.05) is 25.2 Å². The average molecular weight is 391 g/mol. The van der Waals surface area contributed by atoms with Crippen molar-refractivity contribution in [2.45, 2.75) is 24.5 Å². The first kappa shape index (κ1) is 17.6. The molecule has 3 aliphatic heterocycles. The van der Waals surface area contributed by atoms with Crippen LogP contribution < -0.4 is 4.90 Å². The molecule has 1 aromatic carbocycles. The molecule has 2 bridgehead atoms. The third-order valence-corrected chi connectivity index (χ3v) is 5.96. The molecule has 4 heterocycles. The SMILES string of the molecule is COCC(=O)N1C[C@H]2CC1C1C(=O)N(c3ccc(C#N)c4ncccc34)C(=O)N12. The number of amides is 4. The molecule has 2 unspecified atom stereocenters. The Kier molecular flexibility index (Phi) is 3.79. The smallest absolute Gasteiger partial charge is 0.332 e. The second kappa shape index (κ2) is 6.25. The van der Waals surface area contributed by atoms with E-state index in [-0.39, 0.29) is 36.5 Å². The zero-order valence-electron chi connectivity index (χ0n) is 15.6. The van der Waals surface area contributed by atoms with E-state index in [1.165, 1.54) is 12.0 Å². The Bertz CT molecular complexity index is 1110. The molecule has 146 valence electrons. The van der Waals surface area contributed by atoms with E-state index < -0.39 is 6.04 Å². The minimum absolute atomic E-state index is 0.0479. The fourth-order valence-corrected chi connectivity index (χ4v) is 4.81. The predicted octanol–water partition coefficient (Wildman–Crippen LogP) is 0.873. The van der Waals surface area contributed by atoms with Gasteiger partial charge in [-0.25, -0.2) is 9.69 Å². The van der Waals surface area contributed by atoms with Crippen LogP contribution in [-0.2, 0) is 14.3 Å². The van der Waals surface area contributed by atoms with Gasteiger partial charge in [0.1, 0.15) is 18.7 Å². The summed E-state index contributed by atoms with van der Waals surface area (Å²) in [5, 5.41) is 9.90. The van der Waals surface area contributed by atoms with Crippen molar-refractivity contribution in [3.8, 4) is 6.07 Å². The average Bonchev–Trinajstić information content (AvgIpc) is 3.39. The third-order valence-electron chi connectivity index (χ3n) is 5.96. The summed E-state index contributed by atoms with van der Waals surface area (Å²) in [7, 11) is 1.45. The van der Waals surface area contributed by atoms with Crippen LogP contribution in [0.15, 0.2) is 30.5 Å². The molecule has 3 atom stereocenters. The number of anilines is 1. The van der Waals surface area contributed by atoms with Gasteiger partial charge in [0.15, 0.2) is 0 Å². The lowest BCUT2D eigenvalue weighted by Gasteiger charge is -2.34. The Balaban J connectivity index is 1.55. The summed E-state index contributed by atoms with van der Waals surface area (Å²) in [6.07, 6.45) is 2.17. The van der Waals surface area contributed by atoms with E-state index in [4.69, 9.17) is 4.74 Å². The van der Waals surface area contributed by atoms with Crippen LogP contribution >= 0.6 is 0 Å². The van der Waals surface area contributed by atoms with Gasteiger partial charge >= 0.3 is 6.03 Å². The molecule has 0 spiro atoms. The lowest BCUT2D eigenvalue weighted by molar-refractivity contribution is -0.139. The van der Waals surface area contributed by atoms with Gasteiger partial charge in [-0.2, -0.15) is 5.26 Å². The minimum Gasteiger partial charge on any atom is -0.375 e. The summed E-state index contributed by atoms with van der Waals surface area (Å²) in [6, 6.07) is 7.10. The molecule has 29 heavy (non-hydrogen) atoms. The molecule has 9 heteroatoms. The van der Waals surface area contributed by atoms with E-state index in [9.17, 15) is 19.6 Å². The van der Waals surface area contributed by atoms with Crippen LogP contribution in [0.25, 0.3) is 10.9 Å². The molecule has 9 nitrogen and oxygen atoms in total. The van der Waals surface area contributed by atoms with Crippen molar-refractivity contribution >= 4 is 34.4 Å². The van der Waals surface area contributed by atoms with Gasteiger partial charge in [-0.15, -0.1) is 0 Å². The second-order valence-corrected chi connectivity index (χ2v) is 7.39. The number of hydrogen-bond acceptors (Lipinski definition) is 6. The number of methoxy groups -OCH3 is 1. The van der Waals surface area contributed by atoms with E-state index in [2.05, 4.69) is 11.1 Å². The largest absolute Gasteiger partial charge is 0.375 e. The van der Waals surface area contributed by atoms with E-state index >= 15 is 0 Å². The van der Waals surface area contributed by atoms with Crippen LogP contribution in [0.4, 0.5) is 10.5 Å². The molecule has 0 aliphatic carbocycles. The molecule has 1 aromatic heterocycles. The molecule has 0 saturated carbocycles. The number of rotatable bonds is 3. The Morgan fingerprint density at radius 3 is 2.93 bits per heavy atom. The number of nitriles is 1. The lowest BCUT2D eigenvalue weighted by Crippen LogP contribution is -2.55. The number of carbonyl (C=O) groups excluding carboxylic acids is 3.